The molecule has 0 saturated heterocycles. The van der Waals surface area contributed by atoms with E-state index in [0.29, 0.717) is 17.1 Å². The average Bonchev–Trinajstić information content (AvgIpc) is 3.90. The number of halogens is 1. The van der Waals surface area contributed by atoms with Crippen molar-refractivity contribution in [3.05, 3.63) is 142 Å². The van der Waals surface area contributed by atoms with Gasteiger partial charge in [0.1, 0.15) is 17.1 Å². The lowest BCUT2D eigenvalue weighted by molar-refractivity contribution is 0.476. The first-order valence-electron chi connectivity index (χ1n) is 14.8. The Bertz CT molecular complexity index is 2160. The smallest absolute Gasteiger partial charge is 0.178 e. The molecule has 0 unspecified atom stereocenters. The van der Waals surface area contributed by atoms with Crippen LogP contribution in [0.5, 0.6) is 11.5 Å². The van der Waals surface area contributed by atoms with Crippen molar-refractivity contribution >= 4 is 62.3 Å². The van der Waals surface area contributed by atoms with Crippen LogP contribution >= 0.6 is 15.9 Å². The topological polar surface area (TPSA) is 66.6 Å². The van der Waals surface area contributed by atoms with E-state index in [2.05, 4.69) is 93.5 Å². The largest absolute Gasteiger partial charge is 0.453 e. The molecule has 0 fully saturated rings. The van der Waals surface area contributed by atoms with E-state index in [-0.39, 0.29) is 0 Å². The lowest BCUT2D eigenvalue weighted by atomic mass is 10.0. The number of aryl methyl sites for hydroxylation is 1. The van der Waals surface area contributed by atoms with Gasteiger partial charge in [-0.2, -0.15) is 0 Å². The van der Waals surface area contributed by atoms with Crippen LogP contribution in [0, 0.1) is 6.92 Å². The second kappa shape index (κ2) is 11.2. The van der Waals surface area contributed by atoms with Gasteiger partial charge in [-0.25, -0.2) is 9.97 Å². The summed E-state index contributed by atoms with van der Waals surface area (Å²) in [5.74, 6) is 1.32. The number of H-pyrrole nitrogens is 2. The number of hydrogen-bond acceptors (Lipinski definition) is 3. The van der Waals surface area contributed by atoms with Gasteiger partial charge in [-0.05, 0) is 94.7 Å². The van der Waals surface area contributed by atoms with Crippen molar-refractivity contribution in [3.63, 3.8) is 0 Å². The molecular formula is C39H27BrN4O. The third-order valence-corrected chi connectivity index (χ3v) is 8.86. The maximum atomic E-state index is 6.61. The lowest BCUT2D eigenvalue weighted by Crippen LogP contribution is -1.93. The molecule has 3 aromatic heterocycles. The van der Waals surface area contributed by atoms with Gasteiger partial charge in [-0.15, -0.1) is 0 Å². The molecule has 45 heavy (non-hydrogen) atoms. The van der Waals surface area contributed by atoms with Crippen LogP contribution in [0.15, 0.2) is 114 Å². The van der Waals surface area contributed by atoms with Crippen molar-refractivity contribution in [2.45, 2.75) is 6.92 Å². The molecule has 5 heterocycles. The average molecular weight is 648 g/mol. The Kier molecular flexibility index (Phi) is 6.77. The lowest BCUT2D eigenvalue weighted by Gasteiger charge is -2.08. The molecular weight excluding hydrogens is 620 g/mol. The fraction of sp³-hybridized carbons (Fsp3) is 0.0256. The van der Waals surface area contributed by atoms with Gasteiger partial charge < -0.3 is 14.7 Å². The second-order valence-corrected chi connectivity index (χ2v) is 11.8. The number of ether oxygens (including phenoxy) is 1. The number of fused-ring (bicyclic) bond motifs is 8. The summed E-state index contributed by atoms with van der Waals surface area (Å²) in [6, 6.07) is 37.1. The van der Waals surface area contributed by atoms with E-state index in [9.17, 15) is 0 Å². The van der Waals surface area contributed by atoms with Gasteiger partial charge in [0.15, 0.2) is 5.75 Å². The zero-order valence-electron chi connectivity index (χ0n) is 24.4. The fourth-order valence-corrected chi connectivity index (χ4v) is 6.25. The molecule has 3 aromatic carbocycles. The number of hydrogen-bond donors (Lipinski definition) is 2. The summed E-state index contributed by atoms with van der Waals surface area (Å²) in [5.41, 5.74) is 12.2. The molecule has 2 aliphatic rings. The Labute approximate surface area is 268 Å². The first-order chi connectivity index (χ1) is 22.1. The van der Waals surface area contributed by atoms with Gasteiger partial charge in [0.2, 0.25) is 0 Å². The van der Waals surface area contributed by atoms with E-state index in [4.69, 9.17) is 14.7 Å². The van der Waals surface area contributed by atoms with Gasteiger partial charge in [-0.3, -0.25) is 0 Å². The van der Waals surface area contributed by atoms with Crippen molar-refractivity contribution in [2.75, 3.05) is 0 Å². The first kappa shape index (κ1) is 27.1. The molecule has 2 N–H and O–H groups in total. The fourth-order valence-electron chi connectivity index (χ4n) is 5.79. The van der Waals surface area contributed by atoms with Crippen LogP contribution in [0.2, 0.25) is 0 Å². The Hall–Kier alpha value is -5.46. The molecule has 0 amide bonds. The van der Waals surface area contributed by atoms with Crippen LogP contribution in [0.3, 0.4) is 0 Å². The van der Waals surface area contributed by atoms with Crippen molar-refractivity contribution < 1.29 is 4.74 Å². The molecule has 0 saturated carbocycles. The minimum atomic E-state index is 0.596. The number of benzene rings is 3. The third kappa shape index (κ3) is 5.09. The normalized spacial score (nSPS) is 12.0. The van der Waals surface area contributed by atoms with Crippen LogP contribution in [0.1, 0.15) is 28.3 Å². The SMILES string of the molecule is Cc1ccc(Oc2c3nc(c(-c4ccccc4)c4ccc([nH]4)c(Br)c4ccc([nH]4)c(-c4ccccc4)c4nc2C=C4)C=C3)cc1. The van der Waals surface area contributed by atoms with Gasteiger partial charge in [0.05, 0.1) is 26.9 Å². The predicted molar refractivity (Wildman–Crippen MR) is 189 cm³/mol. The van der Waals surface area contributed by atoms with E-state index in [0.717, 1.165) is 71.5 Å². The Balaban J connectivity index is 1.51. The van der Waals surface area contributed by atoms with E-state index in [1.54, 1.807) is 0 Å². The molecule has 8 bridgehead atoms. The summed E-state index contributed by atoms with van der Waals surface area (Å²) in [6.07, 6.45) is 8.13. The summed E-state index contributed by atoms with van der Waals surface area (Å²) < 4.78 is 7.54. The summed E-state index contributed by atoms with van der Waals surface area (Å²) in [4.78, 5) is 17.7. The van der Waals surface area contributed by atoms with E-state index >= 15 is 0 Å². The van der Waals surface area contributed by atoms with Gasteiger partial charge in [0.25, 0.3) is 0 Å². The van der Waals surface area contributed by atoms with Crippen molar-refractivity contribution in [1.29, 1.82) is 0 Å². The molecule has 6 heteroatoms. The summed E-state index contributed by atoms with van der Waals surface area (Å²) in [6.45, 7) is 2.06. The van der Waals surface area contributed by atoms with E-state index < -0.39 is 0 Å². The molecule has 0 spiro atoms. The highest BCUT2D eigenvalue weighted by Crippen LogP contribution is 2.38. The molecule has 5 nitrogen and oxygen atoms in total. The van der Waals surface area contributed by atoms with Crippen LogP contribution in [-0.4, -0.2) is 19.9 Å². The standard InChI is InChI=1S/C39H27BrN4O/c1-24-12-14-27(15-13-24)45-39-34-22-18-30(43-34)36(25-8-4-2-5-9-25)28-16-20-32(41-28)38(40)33-21-17-29(42-33)37(26-10-6-3-7-11-26)31-19-23-35(39)44-31/h2-23,41-42H,1H3. The Morgan fingerprint density at radius 2 is 0.956 bits per heavy atom. The van der Waals surface area contributed by atoms with Crippen LogP contribution in [0.4, 0.5) is 0 Å². The first-order valence-corrected chi connectivity index (χ1v) is 15.6. The van der Waals surface area contributed by atoms with Gasteiger partial charge in [0, 0.05) is 22.2 Å². The number of aromatic amines is 2. The second-order valence-electron chi connectivity index (χ2n) is 11.0. The third-order valence-electron chi connectivity index (χ3n) is 8.01. The molecule has 8 rings (SSSR count). The number of rotatable bonds is 4. The molecule has 0 radical (unpaired) electrons. The Morgan fingerprint density at radius 3 is 1.44 bits per heavy atom. The number of nitrogens with zero attached hydrogens (tertiary/aromatic N) is 2. The summed E-state index contributed by atoms with van der Waals surface area (Å²) in [7, 11) is 0. The van der Waals surface area contributed by atoms with Crippen molar-refractivity contribution in [3.8, 4) is 33.8 Å². The number of aromatic nitrogens is 4. The van der Waals surface area contributed by atoms with Crippen molar-refractivity contribution in [2.24, 2.45) is 0 Å². The maximum Gasteiger partial charge on any atom is 0.178 e. The zero-order chi connectivity index (χ0) is 30.3. The van der Waals surface area contributed by atoms with Crippen LogP contribution < -0.4 is 4.74 Å². The number of nitrogens with one attached hydrogen (secondary N) is 2. The highest BCUT2D eigenvalue weighted by atomic mass is 79.9. The molecule has 6 aromatic rings. The monoisotopic (exact) mass is 646 g/mol. The molecule has 2 aliphatic heterocycles. The van der Waals surface area contributed by atoms with Crippen LogP contribution in [0.25, 0.3) is 68.6 Å². The van der Waals surface area contributed by atoms with Crippen LogP contribution in [-0.2, 0) is 0 Å². The quantitative estimate of drug-likeness (QED) is 0.200. The molecule has 0 aliphatic carbocycles. The Morgan fingerprint density at radius 1 is 0.511 bits per heavy atom. The van der Waals surface area contributed by atoms with Gasteiger partial charge in [-0.1, -0.05) is 78.4 Å². The minimum absolute atomic E-state index is 0.596. The van der Waals surface area contributed by atoms with E-state index in [1.165, 1.54) is 0 Å². The van der Waals surface area contributed by atoms with Crippen molar-refractivity contribution in [1.82, 2.24) is 19.9 Å². The molecule has 216 valence electrons. The van der Waals surface area contributed by atoms with Gasteiger partial charge >= 0.3 is 0 Å². The maximum absolute atomic E-state index is 6.61. The van der Waals surface area contributed by atoms with E-state index in [1.807, 2.05) is 72.8 Å². The predicted octanol–water partition coefficient (Wildman–Crippen LogP) is 10.9. The highest BCUT2D eigenvalue weighted by Gasteiger charge is 2.19. The minimum Gasteiger partial charge on any atom is -0.453 e. The zero-order valence-corrected chi connectivity index (χ0v) is 26.0. The summed E-state index contributed by atoms with van der Waals surface area (Å²) in [5, 5.41) is 0. The highest BCUT2D eigenvalue weighted by molar-refractivity contribution is 9.10. The summed E-state index contributed by atoms with van der Waals surface area (Å²) >= 11 is 3.88. The molecule has 0 atom stereocenters.